The molecular weight excluding hydrogens is 226 g/mol. The van der Waals surface area contributed by atoms with Crippen LogP contribution >= 0.6 is 11.6 Å². The zero-order valence-corrected chi connectivity index (χ0v) is 9.65. The molecule has 0 spiro atoms. The van der Waals surface area contributed by atoms with Gasteiger partial charge in [0, 0.05) is 18.1 Å². The zero-order chi connectivity index (χ0) is 11.4. The van der Waals surface area contributed by atoms with E-state index in [1.165, 1.54) is 0 Å². The van der Waals surface area contributed by atoms with E-state index in [1.807, 2.05) is 17.0 Å². The molecular formula is C11H14ClN3O. The summed E-state index contributed by atoms with van der Waals surface area (Å²) in [6.07, 6.45) is 0. The van der Waals surface area contributed by atoms with Crippen molar-refractivity contribution in [1.82, 2.24) is 4.90 Å². The third kappa shape index (κ3) is 2.87. The lowest BCUT2D eigenvalue weighted by Crippen LogP contribution is -2.44. The molecule has 0 aromatic heterocycles. The van der Waals surface area contributed by atoms with E-state index in [2.05, 4.69) is 4.99 Å². The Morgan fingerprint density at radius 1 is 1.25 bits per heavy atom. The van der Waals surface area contributed by atoms with Crippen molar-refractivity contribution in [1.29, 1.82) is 0 Å². The average molecular weight is 240 g/mol. The largest absolute Gasteiger partial charge is 0.378 e. The fourth-order valence-corrected chi connectivity index (χ4v) is 1.64. The highest BCUT2D eigenvalue weighted by Crippen LogP contribution is 2.16. The minimum atomic E-state index is 0.533. The minimum Gasteiger partial charge on any atom is -0.378 e. The Labute approximate surface area is 99.7 Å². The molecule has 1 aliphatic rings. The molecule has 1 aliphatic heterocycles. The topological polar surface area (TPSA) is 50.8 Å². The van der Waals surface area contributed by atoms with Gasteiger partial charge < -0.3 is 15.4 Å². The van der Waals surface area contributed by atoms with Crippen molar-refractivity contribution in [3.8, 4) is 0 Å². The van der Waals surface area contributed by atoms with Crippen LogP contribution in [0.1, 0.15) is 0 Å². The van der Waals surface area contributed by atoms with Gasteiger partial charge in [-0.2, -0.15) is 0 Å². The molecule has 16 heavy (non-hydrogen) atoms. The van der Waals surface area contributed by atoms with Crippen molar-refractivity contribution in [3.05, 3.63) is 29.3 Å². The normalized spacial score (nSPS) is 17.6. The standard InChI is InChI=1S/C11H14ClN3O/c12-9-1-3-10(4-2-9)14-11(13)15-5-7-16-8-6-15/h1-4H,5-8H2,(H2,13,14). The number of rotatable bonds is 1. The predicted octanol–water partition coefficient (Wildman–Crippen LogP) is 1.62. The summed E-state index contributed by atoms with van der Waals surface area (Å²) in [5.74, 6) is 0.533. The summed E-state index contributed by atoms with van der Waals surface area (Å²) in [6, 6.07) is 7.28. The van der Waals surface area contributed by atoms with Crippen molar-refractivity contribution in [2.24, 2.45) is 10.7 Å². The fraction of sp³-hybridized carbons (Fsp3) is 0.364. The summed E-state index contributed by atoms with van der Waals surface area (Å²) in [4.78, 5) is 6.34. The van der Waals surface area contributed by atoms with Gasteiger partial charge in [0.2, 0.25) is 0 Å². The highest BCUT2D eigenvalue weighted by molar-refractivity contribution is 6.30. The average Bonchev–Trinajstić information content (AvgIpc) is 2.33. The maximum Gasteiger partial charge on any atom is 0.196 e. The summed E-state index contributed by atoms with van der Waals surface area (Å²) in [5.41, 5.74) is 6.72. The molecule has 1 heterocycles. The fourth-order valence-electron chi connectivity index (χ4n) is 1.51. The van der Waals surface area contributed by atoms with Gasteiger partial charge in [0.15, 0.2) is 5.96 Å². The second kappa shape index (κ2) is 5.18. The monoisotopic (exact) mass is 239 g/mol. The molecule has 0 saturated carbocycles. The summed E-state index contributed by atoms with van der Waals surface area (Å²) in [6.45, 7) is 3.00. The van der Waals surface area contributed by atoms with Crippen LogP contribution in [0.4, 0.5) is 5.69 Å². The van der Waals surface area contributed by atoms with Gasteiger partial charge in [-0.1, -0.05) is 11.6 Å². The first-order chi connectivity index (χ1) is 7.75. The molecule has 1 saturated heterocycles. The molecule has 1 fully saturated rings. The van der Waals surface area contributed by atoms with Crippen LogP contribution in [-0.2, 0) is 4.74 Å². The van der Waals surface area contributed by atoms with Crippen molar-refractivity contribution >= 4 is 23.2 Å². The number of nitrogens with two attached hydrogens (primary N) is 1. The summed E-state index contributed by atoms with van der Waals surface area (Å²) in [7, 11) is 0. The molecule has 0 bridgehead atoms. The van der Waals surface area contributed by atoms with E-state index < -0.39 is 0 Å². The second-order valence-electron chi connectivity index (χ2n) is 3.55. The third-order valence-electron chi connectivity index (χ3n) is 2.41. The Morgan fingerprint density at radius 3 is 2.50 bits per heavy atom. The molecule has 0 atom stereocenters. The summed E-state index contributed by atoms with van der Waals surface area (Å²) < 4.78 is 5.25. The van der Waals surface area contributed by atoms with E-state index in [1.54, 1.807) is 12.1 Å². The number of hydrogen-bond acceptors (Lipinski definition) is 2. The quantitative estimate of drug-likeness (QED) is 0.599. The first-order valence-electron chi connectivity index (χ1n) is 5.18. The SMILES string of the molecule is NC(=Nc1ccc(Cl)cc1)N1CCOCC1. The lowest BCUT2D eigenvalue weighted by molar-refractivity contribution is 0.0675. The molecule has 2 rings (SSSR count). The van der Waals surface area contributed by atoms with Crippen LogP contribution in [0.25, 0.3) is 0 Å². The molecule has 86 valence electrons. The van der Waals surface area contributed by atoms with E-state index in [0.717, 1.165) is 18.8 Å². The van der Waals surface area contributed by atoms with Gasteiger partial charge in [0.1, 0.15) is 0 Å². The van der Waals surface area contributed by atoms with E-state index >= 15 is 0 Å². The Morgan fingerprint density at radius 2 is 1.88 bits per heavy atom. The number of aliphatic imine (C=N–C) groups is 1. The third-order valence-corrected chi connectivity index (χ3v) is 2.66. The van der Waals surface area contributed by atoms with Crippen LogP contribution in [0.2, 0.25) is 5.02 Å². The van der Waals surface area contributed by atoms with Crippen LogP contribution in [0.5, 0.6) is 0 Å². The van der Waals surface area contributed by atoms with Crippen molar-refractivity contribution in [2.75, 3.05) is 26.3 Å². The molecule has 0 aliphatic carbocycles. The van der Waals surface area contributed by atoms with Gasteiger partial charge in [0.25, 0.3) is 0 Å². The second-order valence-corrected chi connectivity index (χ2v) is 3.98. The number of halogens is 1. The number of ether oxygens (including phenoxy) is 1. The number of guanidine groups is 1. The molecule has 0 unspecified atom stereocenters. The molecule has 5 heteroatoms. The smallest absolute Gasteiger partial charge is 0.196 e. The minimum absolute atomic E-state index is 0.533. The van der Waals surface area contributed by atoms with Crippen molar-refractivity contribution < 1.29 is 4.74 Å². The molecule has 4 nitrogen and oxygen atoms in total. The van der Waals surface area contributed by atoms with Gasteiger partial charge >= 0.3 is 0 Å². The Kier molecular flexibility index (Phi) is 3.64. The highest BCUT2D eigenvalue weighted by atomic mass is 35.5. The number of morpholine rings is 1. The van der Waals surface area contributed by atoms with Crippen LogP contribution in [0, 0.1) is 0 Å². The van der Waals surface area contributed by atoms with Gasteiger partial charge in [-0.3, -0.25) is 0 Å². The molecule has 0 amide bonds. The van der Waals surface area contributed by atoms with Crippen molar-refractivity contribution in [3.63, 3.8) is 0 Å². The summed E-state index contributed by atoms with van der Waals surface area (Å²) >= 11 is 5.79. The van der Waals surface area contributed by atoms with Crippen molar-refractivity contribution in [2.45, 2.75) is 0 Å². The Balaban J connectivity index is 2.07. The predicted molar refractivity (Wildman–Crippen MR) is 65.1 cm³/mol. The van der Waals surface area contributed by atoms with Crippen LogP contribution in [0.3, 0.4) is 0 Å². The van der Waals surface area contributed by atoms with Crippen LogP contribution in [-0.4, -0.2) is 37.2 Å². The van der Waals surface area contributed by atoms with E-state index in [-0.39, 0.29) is 0 Å². The van der Waals surface area contributed by atoms with E-state index in [9.17, 15) is 0 Å². The maximum atomic E-state index is 5.91. The lowest BCUT2D eigenvalue weighted by Gasteiger charge is -2.27. The number of benzene rings is 1. The van der Waals surface area contributed by atoms with Crippen LogP contribution < -0.4 is 5.73 Å². The van der Waals surface area contributed by atoms with Gasteiger partial charge in [0.05, 0.1) is 18.9 Å². The highest BCUT2D eigenvalue weighted by Gasteiger charge is 2.11. The molecule has 1 aromatic carbocycles. The van der Waals surface area contributed by atoms with E-state index in [4.69, 9.17) is 22.1 Å². The molecule has 2 N–H and O–H groups in total. The number of hydrogen-bond donors (Lipinski definition) is 1. The molecule has 0 radical (unpaired) electrons. The van der Waals surface area contributed by atoms with Gasteiger partial charge in [-0.05, 0) is 24.3 Å². The van der Waals surface area contributed by atoms with Gasteiger partial charge in [-0.25, -0.2) is 4.99 Å². The Hall–Kier alpha value is -1.26. The zero-order valence-electron chi connectivity index (χ0n) is 8.90. The first-order valence-corrected chi connectivity index (χ1v) is 5.56. The number of nitrogens with zero attached hydrogens (tertiary/aromatic N) is 2. The maximum absolute atomic E-state index is 5.91. The first kappa shape index (κ1) is 11.2. The Bertz CT molecular complexity index is 371. The van der Waals surface area contributed by atoms with Gasteiger partial charge in [-0.15, -0.1) is 0 Å². The van der Waals surface area contributed by atoms with Crippen LogP contribution in [0.15, 0.2) is 29.3 Å². The lowest BCUT2D eigenvalue weighted by atomic mass is 10.3. The summed E-state index contributed by atoms with van der Waals surface area (Å²) in [5, 5.41) is 0.698. The molecule has 1 aromatic rings. The van der Waals surface area contributed by atoms with E-state index in [0.29, 0.717) is 24.2 Å².